The third kappa shape index (κ3) is 5.58. The zero-order chi connectivity index (χ0) is 43.3. The Hall–Kier alpha value is -8.60. The van der Waals surface area contributed by atoms with Crippen molar-refractivity contribution in [2.24, 2.45) is 0 Å². The van der Waals surface area contributed by atoms with E-state index >= 15 is 0 Å². The van der Waals surface area contributed by atoms with Crippen molar-refractivity contribution in [3.8, 4) is 33.4 Å². The highest BCUT2D eigenvalue weighted by molar-refractivity contribution is 7.00. The molecule has 306 valence electrons. The molecule has 1 aromatic heterocycles. The highest BCUT2D eigenvalue weighted by Gasteiger charge is 2.44. The van der Waals surface area contributed by atoms with Crippen molar-refractivity contribution in [3.05, 3.63) is 237 Å². The molecule has 0 saturated heterocycles. The second kappa shape index (κ2) is 14.5. The molecule has 0 N–H and O–H groups in total. The molecule has 2 aliphatic heterocycles. The summed E-state index contributed by atoms with van der Waals surface area (Å²) in [6.45, 7) is -0.0409. The Labute approximate surface area is 383 Å². The lowest BCUT2D eigenvalue weighted by Crippen LogP contribution is -2.61. The molecule has 0 atom stereocenters. The van der Waals surface area contributed by atoms with Crippen molar-refractivity contribution in [2.75, 3.05) is 9.80 Å². The Kier molecular flexibility index (Phi) is 8.08. The molecular formula is C62H39BN2O. The van der Waals surface area contributed by atoms with E-state index in [1.54, 1.807) is 0 Å². The molecule has 2 aliphatic rings. The Bertz CT molecular complexity index is 3680. The molecule has 0 aliphatic carbocycles. The fraction of sp³-hybridized carbons (Fsp3) is 0. The minimum atomic E-state index is -0.0409. The summed E-state index contributed by atoms with van der Waals surface area (Å²) in [6.07, 6.45) is 0. The molecule has 3 heterocycles. The number of benzene rings is 11. The average Bonchev–Trinajstić information content (AvgIpc) is 3.77. The molecule has 0 spiro atoms. The van der Waals surface area contributed by atoms with Gasteiger partial charge in [-0.15, -0.1) is 0 Å². The number of rotatable bonds is 5. The van der Waals surface area contributed by atoms with E-state index < -0.39 is 0 Å². The number of hydrogen-bond donors (Lipinski definition) is 0. The molecule has 4 heteroatoms. The van der Waals surface area contributed by atoms with Gasteiger partial charge in [-0.2, -0.15) is 0 Å². The molecule has 11 aromatic carbocycles. The van der Waals surface area contributed by atoms with Crippen molar-refractivity contribution < 1.29 is 4.42 Å². The maximum Gasteiger partial charge on any atom is 0.252 e. The van der Waals surface area contributed by atoms with Crippen LogP contribution < -0.4 is 26.2 Å². The third-order valence-corrected chi connectivity index (χ3v) is 14.0. The number of anilines is 6. The second-order valence-corrected chi connectivity index (χ2v) is 17.6. The van der Waals surface area contributed by atoms with Gasteiger partial charge in [0.05, 0.1) is 0 Å². The quantitative estimate of drug-likeness (QED) is 0.161. The normalized spacial score (nSPS) is 12.8. The summed E-state index contributed by atoms with van der Waals surface area (Å²) in [6, 6.07) is 86.8. The van der Waals surface area contributed by atoms with E-state index in [2.05, 4.69) is 240 Å². The Balaban J connectivity index is 1.09. The summed E-state index contributed by atoms with van der Waals surface area (Å²) in [4.78, 5) is 5.10. The molecule has 0 bridgehead atoms. The van der Waals surface area contributed by atoms with Crippen LogP contribution in [-0.2, 0) is 0 Å². The van der Waals surface area contributed by atoms with Crippen molar-refractivity contribution in [1.82, 2.24) is 0 Å². The number of furan rings is 1. The van der Waals surface area contributed by atoms with Gasteiger partial charge in [0.15, 0.2) is 0 Å². The van der Waals surface area contributed by atoms with E-state index in [9.17, 15) is 0 Å². The molecule has 0 fully saturated rings. The molecule has 14 rings (SSSR count). The standard InChI is InChI=1S/C62H39BN2O/c1-3-13-40(14-4-1)42-23-30-48(31-24-42)64-56-37-47(46-27-34-53-52-21-11-12-22-58(52)66-59(53)39-46)38-57-60(56)63(54-35-28-44-17-7-9-19-50(44)61(54)64)55-36-29-45-18-8-10-20-51(45)62(55)65(57)49-32-25-43(26-33-49)41-15-5-2-6-16-41/h1-39H. The van der Waals surface area contributed by atoms with Crippen LogP contribution in [0.3, 0.4) is 0 Å². The van der Waals surface area contributed by atoms with Crippen LogP contribution in [0.1, 0.15) is 0 Å². The van der Waals surface area contributed by atoms with E-state index in [4.69, 9.17) is 4.42 Å². The van der Waals surface area contributed by atoms with E-state index in [0.717, 1.165) is 44.4 Å². The number of para-hydroxylation sites is 1. The monoisotopic (exact) mass is 838 g/mol. The fourth-order valence-electron chi connectivity index (χ4n) is 11.0. The average molecular weight is 839 g/mol. The van der Waals surface area contributed by atoms with Gasteiger partial charge >= 0.3 is 0 Å². The zero-order valence-corrected chi connectivity index (χ0v) is 35.9. The highest BCUT2D eigenvalue weighted by atomic mass is 16.3. The minimum Gasteiger partial charge on any atom is -0.456 e. The van der Waals surface area contributed by atoms with Crippen molar-refractivity contribution in [3.63, 3.8) is 0 Å². The summed E-state index contributed by atoms with van der Waals surface area (Å²) in [7, 11) is 0. The molecule has 0 amide bonds. The van der Waals surface area contributed by atoms with Gasteiger partial charge in [0.25, 0.3) is 6.71 Å². The topological polar surface area (TPSA) is 19.6 Å². The van der Waals surface area contributed by atoms with Crippen LogP contribution in [0.25, 0.3) is 76.9 Å². The predicted molar refractivity (Wildman–Crippen MR) is 279 cm³/mol. The summed E-state index contributed by atoms with van der Waals surface area (Å²) < 4.78 is 6.56. The van der Waals surface area contributed by atoms with Crippen LogP contribution in [0.2, 0.25) is 0 Å². The van der Waals surface area contributed by atoms with E-state index in [1.807, 2.05) is 6.07 Å². The van der Waals surface area contributed by atoms with Crippen LogP contribution in [0.15, 0.2) is 241 Å². The van der Waals surface area contributed by atoms with Gasteiger partial charge in [-0.25, -0.2) is 0 Å². The smallest absolute Gasteiger partial charge is 0.252 e. The van der Waals surface area contributed by atoms with Crippen LogP contribution in [-0.4, -0.2) is 6.71 Å². The Morgan fingerprint density at radius 3 is 1.29 bits per heavy atom. The first-order valence-electron chi connectivity index (χ1n) is 22.8. The molecule has 66 heavy (non-hydrogen) atoms. The fourth-order valence-corrected chi connectivity index (χ4v) is 11.0. The Morgan fingerprint density at radius 1 is 0.303 bits per heavy atom. The lowest BCUT2D eigenvalue weighted by Gasteiger charge is -2.45. The number of nitrogens with zero attached hydrogens (tertiary/aromatic N) is 2. The van der Waals surface area contributed by atoms with Gasteiger partial charge in [0.1, 0.15) is 11.2 Å². The maximum atomic E-state index is 6.56. The van der Waals surface area contributed by atoms with Gasteiger partial charge in [0, 0.05) is 55.7 Å². The van der Waals surface area contributed by atoms with Crippen LogP contribution in [0.5, 0.6) is 0 Å². The summed E-state index contributed by atoms with van der Waals surface area (Å²) in [5, 5.41) is 7.13. The molecule has 12 aromatic rings. The van der Waals surface area contributed by atoms with E-state index in [-0.39, 0.29) is 6.71 Å². The van der Waals surface area contributed by atoms with Crippen molar-refractivity contribution in [1.29, 1.82) is 0 Å². The first-order valence-corrected chi connectivity index (χ1v) is 22.8. The largest absolute Gasteiger partial charge is 0.456 e. The van der Waals surface area contributed by atoms with Crippen molar-refractivity contribution >= 4 is 101 Å². The van der Waals surface area contributed by atoms with Gasteiger partial charge in [0.2, 0.25) is 0 Å². The van der Waals surface area contributed by atoms with E-state index in [0.29, 0.717) is 0 Å². The Morgan fingerprint density at radius 2 is 0.742 bits per heavy atom. The number of fused-ring (bicyclic) bond motifs is 11. The lowest BCUT2D eigenvalue weighted by molar-refractivity contribution is 0.669. The summed E-state index contributed by atoms with van der Waals surface area (Å²) in [5.74, 6) is 0. The maximum absolute atomic E-state index is 6.56. The lowest BCUT2D eigenvalue weighted by atomic mass is 9.33. The highest BCUT2D eigenvalue weighted by Crippen LogP contribution is 2.49. The van der Waals surface area contributed by atoms with E-state index in [1.165, 1.54) is 82.9 Å². The minimum absolute atomic E-state index is 0.0409. The van der Waals surface area contributed by atoms with Crippen LogP contribution >= 0.6 is 0 Å². The molecule has 3 nitrogen and oxygen atoms in total. The predicted octanol–water partition coefficient (Wildman–Crippen LogP) is 15.0. The molecular weight excluding hydrogens is 800 g/mol. The molecule has 0 saturated carbocycles. The summed E-state index contributed by atoms with van der Waals surface area (Å²) >= 11 is 0. The van der Waals surface area contributed by atoms with Crippen molar-refractivity contribution in [2.45, 2.75) is 0 Å². The third-order valence-electron chi connectivity index (χ3n) is 14.0. The van der Waals surface area contributed by atoms with Crippen LogP contribution in [0, 0.1) is 0 Å². The zero-order valence-electron chi connectivity index (χ0n) is 35.9. The van der Waals surface area contributed by atoms with Gasteiger partial charge in [-0.05, 0) is 115 Å². The second-order valence-electron chi connectivity index (χ2n) is 17.6. The molecule has 0 unspecified atom stereocenters. The first kappa shape index (κ1) is 36.8. The SMILES string of the molecule is c1ccc(-c2ccc(N3c4cc(-c5ccc6c(c5)oc5ccccc56)cc5c4B(c4ccc6ccccc6c43)c3ccc4ccccc4c3N5c3ccc(-c4ccccc4)cc3)cc2)cc1. The van der Waals surface area contributed by atoms with Gasteiger partial charge < -0.3 is 14.2 Å². The van der Waals surface area contributed by atoms with Crippen LogP contribution in [0.4, 0.5) is 34.1 Å². The van der Waals surface area contributed by atoms with Gasteiger partial charge in [-0.1, -0.05) is 182 Å². The van der Waals surface area contributed by atoms with Gasteiger partial charge in [-0.3, -0.25) is 0 Å². The summed E-state index contributed by atoms with van der Waals surface area (Å²) in [5.41, 5.74) is 19.6. The first-order chi connectivity index (χ1) is 32.7. The molecule has 0 radical (unpaired) electrons. The number of hydrogen-bond acceptors (Lipinski definition) is 3.